The van der Waals surface area contributed by atoms with Gasteiger partial charge in [0.25, 0.3) is 5.91 Å². The van der Waals surface area contributed by atoms with Gasteiger partial charge in [-0.15, -0.1) is 11.8 Å². The summed E-state index contributed by atoms with van der Waals surface area (Å²) in [5, 5.41) is 2.97. The van der Waals surface area contributed by atoms with Gasteiger partial charge < -0.3 is 19.9 Å². The largest absolute Gasteiger partial charge is 0.496 e. The van der Waals surface area contributed by atoms with Crippen LogP contribution in [-0.4, -0.2) is 61.3 Å². The van der Waals surface area contributed by atoms with Crippen molar-refractivity contribution in [3.63, 3.8) is 0 Å². The van der Waals surface area contributed by atoms with E-state index in [0.29, 0.717) is 37.5 Å². The third-order valence-corrected chi connectivity index (χ3v) is 5.34. The highest BCUT2D eigenvalue weighted by atomic mass is 32.2. The van der Waals surface area contributed by atoms with Crippen LogP contribution in [0.3, 0.4) is 0 Å². The predicted octanol–water partition coefficient (Wildman–Crippen LogP) is 3.41. The molecule has 3 amide bonds. The lowest BCUT2D eigenvalue weighted by molar-refractivity contribution is 0.0668. The van der Waals surface area contributed by atoms with E-state index in [0.717, 1.165) is 10.6 Å². The lowest BCUT2D eigenvalue weighted by Crippen LogP contribution is -2.51. The Balaban J connectivity index is 1.60. The second-order valence-corrected chi connectivity index (χ2v) is 6.96. The van der Waals surface area contributed by atoms with E-state index in [9.17, 15) is 9.59 Å². The van der Waals surface area contributed by atoms with Gasteiger partial charge in [0.2, 0.25) is 0 Å². The van der Waals surface area contributed by atoms with Crippen LogP contribution in [0, 0.1) is 0 Å². The van der Waals surface area contributed by atoms with Crippen LogP contribution in [0.25, 0.3) is 0 Å². The van der Waals surface area contributed by atoms with Crippen molar-refractivity contribution in [1.82, 2.24) is 9.80 Å². The van der Waals surface area contributed by atoms with Crippen molar-refractivity contribution in [2.24, 2.45) is 0 Å². The predicted molar refractivity (Wildman–Crippen MR) is 108 cm³/mol. The van der Waals surface area contributed by atoms with Gasteiger partial charge in [-0.25, -0.2) is 4.79 Å². The minimum atomic E-state index is -0.138. The highest BCUT2D eigenvalue weighted by Gasteiger charge is 2.26. The van der Waals surface area contributed by atoms with E-state index >= 15 is 0 Å². The number of nitrogens with zero attached hydrogens (tertiary/aromatic N) is 2. The van der Waals surface area contributed by atoms with E-state index < -0.39 is 0 Å². The maximum Gasteiger partial charge on any atom is 0.321 e. The first-order valence-corrected chi connectivity index (χ1v) is 9.97. The molecule has 0 atom stereocenters. The lowest BCUT2D eigenvalue weighted by atomic mass is 10.1. The van der Waals surface area contributed by atoms with Gasteiger partial charge in [0.05, 0.1) is 18.4 Å². The van der Waals surface area contributed by atoms with Gasteiger partial charge in [-0.05, 0) is 30.5 Å². The van der Waals surface area contributed by atoms with Crippen molar-refractivity contribution in [1.29, 1.82) is 0 Å². The molecule has 0 unspecified atom stereocenters. The summed E-state index contributed by atoms with van der Waals surface area (Å²) in [5.74, 6) is 0.497. The summed E-state index contributed by atoms with van der Waals surface area (Å²) in [7, 11) is 1.56. The first-order valence-electron chi connectivity index (χ1n) is 8.75. The van der Waals surface area contributed by atoms with Crippen LogP contribution < -0.4 is 10.1 Å². The van der Waals surface area contributed by atoms with Crippen molar-refractivity contribution in [2.75, 3.05) is 44.9 Å². The van der Waals surface area contributed by atoms with Gasteiger partial charge in [0.1, 0.15) is 5.75 Å². The van der Waals surface area contributed by atoms with Gasteiger partial charge in [0.15, 0.2) is 0 Å². The van der Waals surface area contributed by atoms with Gasteiger partial charge >= 0.3 is 6.03 Å². The normalized spacial score (nSPS) is 14.0. The Morgan fingerprint density at radius 2 is 1.59 bits per heavy atom. The number of amides is 3. The number of hydrogen-bond acceptors (Lipinski definition) is 4. The molecular weight excluding hydrogens is 362 g/mol. The van der Waals surface area contributed by atoms with Crippen LogP contribution >= 0.6 is 11.8 Å². The fourth-order valence-electron chi connectivity index (χ4n) is 3.05. The van der Waals surface area contributed by atoms with Crippen LogP contribution in [-0.2, 0) is 0 Å². The summed E-state index contributed by atoms with van der Waals surface area (Å²) in [4.78, 5) is 29.8. The van der Waals surface area contributed by atoms with Crippen molar-refractivity contribution in [2.45, 2.75) is 4.90 Å². The summed E-state index contributed by atoms with van der Waals surface area (Å²) >= 11 is 1.59. The smallest absolute Gasteiger partial charge is 0.321 e. The SMILES string of the molecule is COc1ccccc1C(=O)N1CCN(C(=O)Nc2ccccc2SC)CC1. The van der Waals surface area contributed by atoms with E-state index in [4.69, 9.17) is 4.74 Å². The number of rotatable bonds is 4. The molecule has 0 spiro atoms. The highest BCUT2D eigenvalue weighted by Crippen LogP contribution is 2.25. The number of methoxy groups -OCH3 is 1. The molecule has 1 aliphatic rings. The van der Waals surface area contributed by atoms with Crippen molar-refractivity contribution < 1.29 is 14.3 Å². The van der Waals surface area contributed by atoms with E-state index in [1.807, 2.05) is 42.7 Å². The van der Waals surface area contributed by atoms with Crippen LogP contribution in [0.1, 0.15) is 10.4 Å². The van der Waals surface area contributed by atoms with Gasteiger partial charge in [0, 0.05) is 31.1 Å². The molecule has 1 heterocycles. The molecular formula is C20H23N3O3S. The molecule has 2 aromatic rings. The number of carbonyl (C=O) groups is 2. The summed E-state index contributed by atoms with van der Waals surface area (Å²) in [6.07, 6.45) is 1.98. The zero-order chi connectivity index (χ0) is 19.2. The number of para-hydroxylation sites is 2. The first-order chi connectivity index (χ1) is 13.1. The molecule has 0 bridgehead atoms. The maximum absolute atomic E-state index is 12.8. The van der Waals surface area contributed by atoms with Gasteiger partial charge in [-0.1, -0.05) is 24.3 Å². The van der Waals surface area contributed by atoms with Crippen LogP contribution in [0.4, 0.5) is 10.5 Å². The summed E-state index contributed by atoms with van der Waals surface area (Å²) < 4.78 is 5.28. The second-order valence-electron chi connectivity index (χ2n) is 6.11. The van der Waals surface area contributed by atoms with E-state index in [-0.39, 0.29) is 11.9 Å². The van der Waals surface area contributed by atoms with Crippen LogP contribution in [0.15, 0.2) is 53.4 Å². The Morgan fingerprint density at radius 1 is 0.963 bits per heavy atom. The van der Waals surface area contributed by atoms with Gasteiger partial charge in [-0.2, -0.15) is 0 Å². The fourth-order valence-corrected chi connectivity index (χ4v) is 3.60. The number of ether oxygens (including phenoxy) is 1. The Morgan fingerprint density at radius 3 is 2.30 bits per heavy atom. The molecule has 3 rings (SSSR count). The molecule has 0 aliphatic carbocycles. The topological polar surface area (TPSA) is 61.9 Å². The van der Waals surface area contributed by atoms with Crippen LogP contribution in [0.2, 0.25) is 0 Å². The number of anilines is 1. The summed E-state index contributed by atoms with van der Waals surface area (Å²) in [6, 6.07) is 14.8. The molecule has 0 radical (unpaired) electrons. The third-order valence-electron chi connectivity index (χ3n) is 4.54. The molecule has 2 aromatic carbocycles. The molecule has 0 aromatic heterocycles. The quantitative estimate of drug-likeness (QED) is 0.820. The molecule has 1 aliphatic heterocycles. The minimum Gasteiger partial charge on any atom is -0.496 e. The van der Waals surface area contributed by atoms with E-state index in [1.54, 1.807) is 40.8 Å². The number of piperazine rings is 1. The number of hydrogen-bond donors (Lipinski definition) is 1. The molecule has 7 heteroatoms. The zero-order valence-electron chi connectivity index (χ0n) is 15.5. The number of benzene rings is 2. The third kappa shape index (κ3) is 4.36. The number of nitrogens with one attached hydrogen (secondary N) is 1. The van der Waals surface area contributed by atoms with Gasteiger partial charge in [-0.3, -0.25) is 4.79 Å². The highest BCUT2D eigenvalue weighted by molar-refractivity contribution is 7.98. The maximum atomic E-state index is 12.8. The average molecular weight is 385 g/mol. The zero-order valence-corrected chi connectivity index (χ0v) is 16.3. The van der Waals surface area contributed by atoms with E-state index in [1.165, 1.54) is 0 Å². The second kappa shape index (κ2) is 8.81. The fraction of sp³-hybridized carbons (Fsp3) is 0.300. The molecule has 1 fully saturated rings. The number of urea groups is 1. The number of thioether (sulfide) groups is 1. The molecule has 142 valence electrons. The van der Waals surface area contributed by atoms with Crippen molar-refractivity contribution in [3.8, 4) is 5.75 Å². The molecule has 0 saturated carbocycles. The Bertz CT molecular complexity index is 820. The first kappa shape index (κ1) is 19.1. The number of carbonyl (C=O) groups excluding carboxylic acids is 2. The molecule has 1 N–H and O–H groups in total. The Kier molecular flexibility index (Phi) is 6.24. The average Bonchev–Trinajstić information content (AvgIpc) is 2.73. The van der Waals surface area contributed by atoms with Crippen molar-refractivity contribution in [3.05, 3.63) is 54.1 Å². The minimum absolute atomic E-state index is 0.0692. The molecule has 27 heavy (non-hydrogen) atoms. The van der Waals surface area contributed by atoms with E-state index in [2.05, 4.69) is 5.32 Å². The van der Waals surface area contributed by atoms with Crippen molar-refractivity contribution >= 4 is 29.4 Å². The lowest BCUT2D eigenvalue weighted by Gasteiger charge is -2.35. The summed E-state index contributed by atoms with van der Waals surface area (Å²) in [5.41, 5.74) is 1.36. The molecule has 1 saturated heterocycles. The summed E-state index contributed by atoms with van der Waals surface area (Å²) in [6.45, 7) is 1.98. The monoisotopic (exact) mass is 385 g/mol. The molecule has 6 nitrogen and oxygen atoms in total. The standard InChI is InChI=1S/C20H23N3O3S/c1-26-17-9-5-3-7-15(17)19(24)22-11-13-23(14-12-22)20(25)21-16-8-4-6-10-18(16)27-2/h3-10H,11-14H2,1-2H3,(H,21,25). The Labute approximate surface area is 163 Å². The van der Waals surface area contributed by atoms with Crippen LogP contribution in [0.5, 0.6) is 5.75 Å². The Hall–Kier alpha value is -2.67.